The zero-order valence-electron chi connectivity index (χ0n) is 8.57. The third-order valence-electron chi connectivity index (χ3n) is 2.08. The molecule has 0 fully saturated rings. The first-order valence-corrected chi connectivity index (χ1v) is 4.48. The zero-order chi connectivity index (χ0) is 10.6. The van der Waals surface area contributed by atoms with Crippen LogP contribution in [-0.4, -0.2) is 13.7 Å². The predicted octanol–water partition coefficient (Wildman–Crippen LogP) is 1.60. The Morgan fingerprint density at radius 3 is 2.67 bits per heavy atom. The van der Waals surface area contributed by atoms with E-state index in [4.69, 9.17) is 16.2 Å². The lowest BCUT2D eigenvalue weighted by Crippen LogP contribution is -2.16. The molecule has 15 heavy (non-hydrogen) atoms. The molecule has 0 bridgehead atoms. The normalized spacial score (nSPS) is 11.7. The van der Waals surface area contributed by atoms with Crippen LogP contribution in [0.4, 0.5) is 4.39 Å². The molecule has 1 aromatic rings. The Labute approximate surface area is 95.0 Å². The van der Waals surface area contributed by atoms with Gasteiger partial charge in [-0.3, -0.25) is 0 Å². The summed E-state index contributed by atoms with van der Waals surface area (Å²) in [5.41, 5.74) is 11.9. The monoisotopic (exact) mass is 234 g/mol. The van der Waals surface area contributed by atoms with E-state index in [0.717, 1.165) is 0 Å². The number of halogens is 2. The van der Waals surface area contributed by atoms with E-state index in [2.05, 4.69) is 0 Å². The van der Waals surface area contributed by atoms with Gasteiger partial charge in [-0.25, -0.2) is 4.39 Å². The van der Waals surface area contributed by atoms with Crippen molar-refractivity contribution in [2.75, 3.05) is 13.7 Å². The second-order valence-electron chi connectivity index (χ2n) is 3.05. The van der Waals surface area contributed by atoms with Crippen molar-refractivity contribution < 1.29 is 9.13 Å². The summed E-state index contributed by atoms with van der Waals surface area (Å²) in [4.78, 5) is 0. The van der Waals surface area contributed by atoms with E-state index in [1.165, 1.54) is 13.2 Å². The van der Waals surface area contributed by atoms with Gasteiger partial charge >= 0.3 is 0 Å². The molecule has 4 N–H and O–H groups in total. The molecular weight excluding hydrogens is 219 g/mol. The van der Waals surface area contributed by atoms with Gasteiger partial charge in [-0.2, -0.15) is 0 Å². The number of benzene rings is 1. The van der Waals surface area contributed by atoms with Gasteiger partial charge in [-0.15, -0.1) is 12.4 Å². The van der Waals surface area contributed by atoms with Crippen LogP contribution < -0.4 is 16.2 Å². The molecule has 1 atom stereocenters. The van der Waals surface area contributed by atoms with Crippen LogP contribution in [0.3, 0.4) is 0 Å². The van der Waals surface area contributed by atoms with Gasteiger partial charge in [0.05, 0.1) is 7.11 Å². The molecule has 0 aliphatic heterocycles. The van der Waals surface area contributed by atoms with Crippen molar-refractivity contribution in [2.24, 2.45) is 11.5 Å². The SMILES string of the molecule is COc1c(F)cccc1[C@H](N)CCN.Cl. The molecule has 0 unspecified atom stereocenters. The van der Waals surface area contributed by atoms with Crippen molar-refractivity contribution >= 4 is 12.4 Å². The lowest BCUT2D eigenvalue weighted by molar-refractivity contribution is 0.377. The third kappa shape index (κ3) is 3.34. The zero-order valence-corrected chi connectivity index (χ0v) is 9.39. The summed E-state index contributed by atoms with van der Waals surface area (Å²) < 4.78 is 18.2. The van der Waals surface area contributed by atoms with Gasteiger partial charge in [0.1, 0.15) is 0 Å². The molecule has 0 heterocycles. The largest absolute Gasteiger partial charge is 0.493 e. The molecule has 0 aliphatic rings. The second-order valence-corrected chi connectivity index (χ2v) is 3.05. The number of ether oxygens (including phenoxy) is 1. The Hall–Kier alpha value is -0.840. The summed E-state index contributed by atoms with van der Waals surface area (Å²) in [6.07, 6.45) is 0.611. The van der Waals surface area contributed by atoms with Crippen molar-refractivity contribution in [1.82, 2.24) is 0 Å². The Kier molecular flexibility index (Phi) is 6.24. The number of hydrogen-bond acceptors (Lipinski definition) is 3. The fraction of sp³-hybridized carbons (Fsp3) is 0.400. The molecule has 0 aliphatic carbocycles. The third-order valence-corrected chi connectivity index (χ3v) is 2.08. The fourth-order valence-electron chi connectivity index (χ4n) is 1.37. The number of methoxy groups -OCH3 is 1. The van der Waals surface area contributed by atoms with Crippen LogP contribution in [-0.2, 0) is 0 Å². The molecule has 0 saturated heterocycles. The number of rotatable bonds is 4. The topological polar surface area (TPSA) is 61.3 Å². The van der Waals surface area contributed by atoms with Crippen molar-refractivity contribution in [3.05, 3.63) is 29.6 Å². The summed E-state index contributed by atoms with van der Waals surface area (Å²) in [5.74, 6) is -0.175. The van der Waals surface area contributed by atoms with Crippen LogP contribution in [0.25, 0.3) is 0 Å². The van der Waals surface area contributed by atoms with Gasteiger partial charge in [-0.05, 0) is 19.0 Å². The summed E-state index contributed by atoms with van der Waals surface area (Å²) in [6.45, 7) is 0.473. The van der Waals surface area contributed by atoms with Crippen LogP contribution in [0.5, 0.6) is 5.75 Å². The first-order chi connectivity index (χ1) is 6.70. The van der Waals surface area contributed by atoms with Gasteiger partial charge in [0, 0.05) is 11.6 Å². The maximum absolute atomic E-state index is 13.2. The summed E-state index contributed by atoms with van der Waals surface area (Å²) in [7, 11) is 1.43. The van der Waals surface area contributed by atoms with E-state index in [0.29, 0.717) is 18.5 Å². The van der Waals surface area contributed by atoms with Crippen LogP contribution in [0, 0.1) is 5.82 Å². The maximum atomic E-state index is 13.2. The Morgan fingerprint density at radius 1 is 1.47 bits per heavy atom. The van der Waals surface area contributed by atoms with Gasteiger partial charge < -0.3 is 16.2 Å². The molecule has 0 amide bonds. The van der Waals surface area contributed by atoms with Crippen LogP contribution >= 0.6 is 12.4 Å². The van der Waals surface area contributed by atoms with Gasteiger partial charge in [-0.1, -0.05) is 12.1 Å². The first kappa shape index (κ1) is 14.2. The average molecular weight is 235 g/mol. The molecule has 1 aromatic carbocycles. The lowest BCUT2D eigenvalue weighted by Gasteiger charge is -2.15. The van der Waals surface area contributed by atoms with E-state index < -0.39 is 5.82 Å². The van der Waals surface area contributed by atoms with E-state index >= 15 is 0 Å². The van der Waals surface area contributed by atoms with Crippen LogP contribution in [0.15, 0.2) is 18.2 Å². The Balaban J connectivity index is 0.00000196. The average Bonchev–Trinajstić information content (AvgIpc) is 2.17. The molecule has 86 valence electrons. The van der Waals surface area contributed by atoms with Crippen LogP contribution in [0.1, 0.15) is 18.0 Å². The van der Waals surface area contributed by atoms with E-state index in [1.807, 2.05) is 0 Å². The standard InChI is InChI=1S/C10H15FN2O.ClH/c1-14-10-7(9(13)5-6-12)3-2-4-8(10)11;/h2-4,9H,5-6,12-13H2,1H3;1H/t9-;/m1./s1. The molecule has 0 saturated carbocycles. The molecule has 0 aromatic heterocycles. The predicted molar refractivity (Wildman–Crippen MR) is 60.8 cm³/mol. The van der Waals surface area contributed by atoms with E-state index in [-0.39, 0.29) is 24.2 Å². The molecule has 3 nitrogen and oxygen atoms in total. The highest BCUT2D eigenvalue weighted by Crippen LogP contribution is 2.27. The number of hydrogen-bond donors (Lipinski definition) is 2. The van der Waals surface area contributed by atoms with Gasteiger partial charge in [0.2, 0.25) is 0 Å². The quantitative estimate of drug-likeness (QED) is 0.832. The van der Waals surface area contributed by atoms with Crippen molar-refractivity contribution in [2.45, 2.75) is 12.5 Å². The highest BCUT2D eigenvalue weighted by molar-refractivity contribution is 5.85. The van der Waals surface area contributed by atoms with E-state index in [9.17, 15) is 4.39 Å². The van der Waals surface area contributed by atoms with Crippen molar-refractivity contribution in [3.63, 3.8) is 0 Å². The molecule has 1 rings (SSSR count). The Bertz CT molecular complexity index is 309. The van der Waals surface area contributed by atoms with Crippen LogP contribution in [0.2, 0.25) is 0 Å². The maximum Gasteiger partial charge on any atom is 0.165 e. The summed E-state index contributed by atoms with van der Waals surface area (Å²) >= 11 is 0. The molecule has 5 heteroatoms. The van der Waals surface area contributed by atoms with Gasteiger partial charge in [0.15, 0.2) is 11.6 Å². The van der Waals surface area contributed by atoms with Crippen molar-refractivity contribution in [1.29, 1.82) is 0 Å². The summed E-state index contributed by atoms with van der Waals surface area (Å²) in [6, 6.07) is 4.44. The lowest BCUT2D eigenvalue weighted by atomic mass is 10.0. The Morgan fingerprint density at radius 2 is 2.13 bits per heavy atom. The second kappa shape index (κ2) is 6.61. The fourth-order valence-corrected chi connectivity index (χ4v) is 1.37. The van der Waals surface area contributed by atoms with Crippen molar-refractivity contribution in [3.8, 4) is 5.75 Å². The summed E-state index contributed by atoms with van der Waals surface area (Å²) in [5, 5.41) is 0. The minimum absolute atomic E-state index is 0. The molecule has 0 spiro atoms. The number of para-hydroxylation sites is 1. The minimum Gasteiger partial charge on any atom is -0.493 e. The highest BCUT2D eigenvalue weighted by Gasteiger charge is 2.14. The highest BCUT2D eigenvalue weighted by atomic mass is 35.5. The molecular formula is C10H16ClFN2O. The smallest absolute Gasteiger partial charge is 0.165 e. The molecule has 0 radical (unpaired) electrons. The minimum atomic E-state index is -0.391. The number of nitrogens with two attached hydrogens (primary N) is 2. The van der Waals surface area contributed by atoms with Gasteiger partial charge in [0.25, 0.3) is 0 Å². The first-order valence-electron chi connectivity index (χ1n) is 4.48. The van der Waals surface area contributed by atoms with E-state index in [1.54, 1.807) is 12.1 Å².